The van der Waals surface area contributed by atoms with Crippen LogP contribution in [0.3, 0.4) is 0 Å². The summed E-state index contributed by atoms with van der Waals surface area (Å²) in [5.74, 6) is 0. The maximum absolute atomic E-state index is 2.38. The third-order valence-electron chi connectivity index (χ3n) is 12.8. The molecule has 0 saturated heterocycles. The lowest BCUT2D eigenvalue weighted by Crippen LogP contribution is -2.10. The zero-order valence-electron chi connectivity index (χ0n) is 35.1. The molecule has 11 aromatic carbocycles. The normalized spacial score (nSPS) is 11.4. The SMILES string of the molecule is c1ccc(-c2c(-c3ccc(N(c4ccc(-c5cccc6cccc(-c7ccccc7)c56)cc4)c4ccc(-n5c6ccccc6c6ccccc65)cc4)cc3)ccc3ccccc23)cc1. The van der Waals surface area contributed by atoms with Crippen molar-refractivity contribution in [1.29, 1.82) is 0 Å². The Labute approximate surface area is 373 Å². The van der Waals surface area contributed by atoms with Crippen LogP contribution in [0.25, 0.3) is 93.5 Å². The predicted octanol–water partition coefficient (Wildman–Crippen LogP) is 17.2. The quantitative estimate of drug-likeness (QED) is 0.148. The van der Waals surface area contributed by atoms with Gasteiger partial charge < -0.3 is 9.47 Å². The first-order valence-electron chi connectivity index (χ1n) is 22.0. The summed E-state index contributed by atoms with van der Waals surface area (Å²) in [5.41, 5.74) is 16.5. The molecule has 0 spiro atoms. The number of rotatable bonds is 8. The van der Waals surface area contributed by atoms with Gasteiger partial charge in [0.05, 0.1) is 11.0 Å². The number of para-hydroxylation sites is 2. The Kier molecular flexibility index (Phi) is 9.20. The second kappa shape index (κ2) is 15.8. The van der Waals surface area contributed by atoms with E-state index in [1.807, 2.05) is 0 Å². The zero-order chi connectivity index (χ0) is 42.4. The summed E-state index contributed by atoms with van der Waals surface area (Å²) in [6, 6.07) is 92.6. The fraction of sp³-hybridized carbons (Fsp3) is 0. The monoisotopic (exact) mass is 814 g/mol. The summed E-state index contributed by atoms with van der Waals surface area (Å²) in [4.78, 5) is 2.38. The second-order valence-corrected chi connectivity index (χ2v) is 16.5. The highest BCUT2D eigenvalue weighted by atomic mass is 15.1. The van der Waals surface area contributed by atoms with Crippen molar-refractivity contribution in [2.45, 2.75) is 0 Å². The number of hydrogen-bond donors (Lipinski definition) is 0. The molecule has 64 heavy (non-hydrogen) atoms. The van der Waals surface area contributed by atoms with Gasteiger partial charge in [-0.2, -0.15) is 0 Å². The molecule has 0 unspecified atom stereocenters. The van der Waals surface area contributed by atoms with Crippen molar-refractivity contribution in [3.8, 4) is 50.2 Å². The number of nitrogens with zero attached hydrogens (tertiary/aromatic N) is 2. The lowest BCUT2D eigenvalue weighted by molar-refractivity contribution is 1.17. The summed E-state index contributed by atoms with van der Waals surface area (Å²) in [6.07, 6.45) is 0. The van der Waals surface area contributed by atoms with Gasteiger partial charge in [0.1, 0.15) is 0 Å². The molecule has 0 aliphatic carbocycles. The van der Waals surface area contributed by atoms with E-state index in [9.17, 15) is 0 Å². The fourth-order valence-electron chi connectivity index (χ4n) is 9.85. The first-order chi connectivity index (χ1) is 31.8. The molecule has 0 N–H and O–H groups in total. The highest BCUT2D eigenvalue weighted by Crippen LogP contribution is 2.43. The largest absolute Gasteiger partial charge is 0.311 e. The molecule has 0 aliphatic rings. The smallest absolute Gasteiger partial charge is 0.0541 e. The van der Waals surface area contributed by atoms with E-state index >= 15 is 0 Å². The van der Waals surface area contributed by atoms with Gasteiger partial charge in [-0.25, -0.2) is 0 Å². The third kappa shape index (κ3) is 6.44. The van der Waals surface area contributed by atoms with Crippen molar-refractivity contribution in [2.24, 2.45) is 0 Å². The van der Waals surface area contributed by atoms with Crippen LogP contribution in [-0.4, -0.2) is 4.57 Å². The molecule has 300 valence electrons. The Bertz CT molecular complexity index is 3570. The van der Waals surface area contributed by atoms with Crippen LogP contribution in [0.4, 0.5) is 17.1 Å². The van der Waals surface area contributed by atoms with Gasteiger partial charge in [-0.3, -0.25) is 0 Å². The molecule has 12 rings (SSSR count). The van der Waals surface area contributed by atoms with E-state index in [-0.39, 0.29) is 0 Å². The van der Waals surface area contributed by atoms with Crippen LogP contribution in [0.2, 0.25) is 0 Å². The molecule has 0 amide bonds. The van der Waals surface area contributed by atoms with Crippen LogP contribution in [-0.2, 0) is 0 Å². The van der Waals surface area contributed by atoms with Gasteiger partial charge in [0.15, 0.2) is 0 Å². The molecule has 0 bridgehead atoms. The van der Waals surface area contributed by atoms with Gasteiger partial charge in [-0.1, -0.05) is 194 Å². The summed E-state index contributed by atoms with van der Waals surface area (Å²) >= 11 is 0. The van der Waals surface area contributed by atoms with E-state index < -0.39 is 0 Å². The topological polar surface area (TPSA) is 8.17 Å². The molecule has 1 heterocycles. The maximum atomic E-state index is 2.38. The maximum Gasteiger partial charge on any atom is 0.0541 e. The van der Waals surface area contributed by atoms with Crippen molar-refractivity contribution < 1.29 is 0 Å². The van der Waals surface area contributed by atoms with Crippen molar-refractivity contribution >= 4 is 60.4 Å². The van der Waals surface area contributed by atoms with Gasteiger partial charge in [0, 0.05) is 33.5 Å². The van der Waals surface area contributed by atoms with E-state index in [2.05, 4.69) is 264 Å². The van der Waals surface area contributed by atoms with Crippen LogP contribution >= 0.6 is 0 Å². The Balaban J connectivity index is 0.981. The summed E-state index contributed by atoms with van der Waals surface area (Å²) in [7, 11) is 0. The molecule has 0 saturated carbocycles. The lowest BCUT2D eigenvalue weighted by atomic mass is 9.90. The molecule has 0 aliphatic heterocycles. The predicted molar refractivity (Wildman–Crippen MR) is 272 cm³/mol. The molecule has 2 nitrogen and oxygen atoms in total. The fourth-order valence-corrected chi connectivity index (χ4v) is 9.85. The van der Waals surface area contributed by atoms with Crippen molar-refractivity contribution in [1.82, 2.24) is 4.57 Å². The highest BCUT2D eigenvalue weighted by molar-refractivity contribution is 6.10. The number of fused-ring (bicyclic) bond motifs is 5. The van der Waals surface area contributed by atoms with Crippen LogP contribution in [0.5, 0.6) is 0 Å². The van der Waals surface area contributed by atoms with Crippen LogP contribution in [0.15, 0.2) is 255 Å². The van der Waals surface area contributed by atoms with Gasteiger partial charge in [-0.15, -0.1) is 0 Å². The van der Waals surface area contributed by atoms with E-state index in [4.69, 9.17) is 0 Å². The highest BCUT2D eigenvalue weighted by Gasteiger charge is 2.18. The molecular weight excluding hydrogens is 773 g/mol. The summed E-state index contributed by atoms with van der Waals surface area (Å²) in [5, 5.41) is 7.50. The van der Waals surface area contributed by atoms with E-state index in [1.165, 1.54) is 87.9 Å². The van der Waals surface area contributed by atoms with E-state index in [0.717, 1.165) is 22.7 Å². The van der Waals surface area contributed by atoms with E-state index in [0.29, 0.717) is 0 Å². The lowest BCUT2D eigenvalue weighted by Gasteiger charge is -2.26. The third-order valence-corrected chi connectivity index (χ3v) is 12.8. The Morgan fingerprint density at radius 2 is 0.703 bits per heavy atom. The standard InChI is InChI=1S/C62H42N2/c1-3-15-43(16-4-1)54-25-13-20-48-21-14-26-55(61(48)54)45-29-34-49(35-30-45)63(51-38-40-52(41-39-51)64-59-27-11-9-23-57(59)58-24-10-12-28-60(58)64)50-36-31-46(32-37-50)56-42-33-44-17-7-8-22-53(44)62(56)47-18-5-2-6-19-47/h1-42H. The first kappa shape index (κ1) is 37.3. The van der Waals surface area contributed by atoms with Gasteiger partial charge >= 0.3 is 0 Å². The van der Waals surface area contributed by atoms with Crippen LogP contribution in [0, 0.1) is 0 Å². The number of anilines is 3. The molecule has 12 aromatic rings. The molecule has 0 fully saturated rings. The minimum atomic E-state index is 1.08. The zero-order valence-corrected chi connectivity index (χ0v) is 35.1. The second-order valence-electron chi connectivity index (χ2n) is 16.5. The Morgan fingerprint density at radius 1 is 0.266 bits per heavy atom. The average molecular weight is 815 g/mol. The first-order valence-corrected chi connectivity index (χ1v) is 22.0. The van der Waals surface area contributed by atoms with Gasteiger partial charge in [-0.05, 0) is 127 Å². The van der Waals surface area contributed by atoms with Crippen molar-refractivity contribution in [3.63, 3.8) is 0 Å². The molecule has 2 heteroatoms. The van der Waals surface area contributed by atoms with Gasteiger partial charge in [0.25, 0.3) is 0 Å². The average Bonchev–Trinajstić information content (AvgIpc) is 3.71. The Hall–Kier alpha value is -8.46. The molecular formula is C62H42N2. The van der Waals surface area contributed by atoms with Gasteiger partial charge in [0.2, 0.25) is 0 Å². The number of aromatic nitrogens is 1. The van der Waals surface area contributed by atoms with Crippen LogP contribution in [0.1, 0.15) is 0 Å². The molecule has 0 radical (unpaired) electrons. The van der Waals surface area contributed by atoms with Crippen molar-refractivity contribution in [2.75, 3.05) is 4.90 Å². The minimum Gasteiger partial charge on any atom is -0.311 e. The summed E-state index contributed by atoms with van der Waals surface area (Å²) in [6.45, 7) is 0. The Morgan fingerprint density at radius 3 is 1.28 bits per heavy atom. The van der Waals surface area contributed by atoms with Crippen LogP contribution < -0.4 is 4.90 Å². The minimum absolute atomic E-state index is 1.08. The van der Waals surface area contributed by atoms with E-state index in [1.54, 1.807) is 0 Å². The molecule has 0 atom stereocenters. The number of benzene rings is 11. The summed E-state index contributed by atoms with van der Waals surface area (Å²) < 4.78 is 2.38. The molecule has 1 aromatic heterocycles. The van der Waals surface area contributed by atoms with Crippen molar-refractivity contribution in [3.05, 3.63) is 255 Å². The number of hydrogen-bond acceptors (Lipinski definition) is 1.